The van der Waals surface area contributed by atoms with Crippen LogP contribution in [0.1, 0.15) is 29.7 Å². The third kappa shape index (κ3) is 4.68. The van der Waals surface area contributed by atoms with Gasteiger partial charge < -0.3 is 14.8 Å². The van der Waals surface area contributed by atoms with Crippen LogP contribution in [0.5, 0.6) is 5.75 Å². The molecule has 6 nitrogen and oxygen atoms in total. The Labute approximate surface area is 179 Å². The number of nitrogens with one attached hydrogen (secondary N) is 1. The van der Waals surface area contributed by atoms with Gasteiger partial charge in [0.05, 0.1) is 23.9 Å². The van der Waals surface area contributed by atoms with Gasteiger partial charge in [-0.1, -0.05) is 23.8 Å². The molecule has 1 aliphatic heterocycles. The summed E-state index contributed by atoms with van der Waals surface area (Å²) in [5, 5.41) is 2.84. The fraction of sp³-hybridized carbons (Fsp3) is 0.304. The Morgan fingerprint density at radius 3 is 2.58 bits per heavy atom. The van der Waals surface area contributed by atoms with Crippen molar-refractivity contribution in [1.29, 1.82) is 0 Å². The number of amides is 2. The molecule has 31 heavy (non-hydrogen) atoms. The van der Waals surface area contributed by atoms with Crippen molar-refractivity contribution in [3.8, 4) is 5.75 Å². The van der Waals surface area contributed by atoms with Crippen LogP contribution in [-0.4, -0.2) is 37.2 Å². The Balaban J connectivity index is 2.08. The summed E-state index contributed by atoms with van der Waals surface area (Å²) in [6.07, 6.45) is 0. The standard InChI is InChI=1S/C23H24F2N2O4/c1-5-30-22(28)20-18(12-31-19-9-8-15(24)11-17(19)25)27(4)23(29)26-21(20)16-10-13(2)6-7-14(16)3/h6-11,21H,5,12H2,1-4H3,(H,26,29)/t21-/m0/s1. The molecule has 0 saturated carbocycles. The van der Waals surface area contributed by atoms with Gasteiger partial charge in [-0.15, -0.1) is 0 Å². The molecule has 0 aliphatic carbocycles. The predicted octanol–water partition coefficient (Wildman–Crippen LogP) is 4.17. The van der Waals surface area contributed by atoms with E-state index in [0.29, 0.717) is 6.07 Å². The van der Waals surface area contributed by atoms with Crippen molar-refractivity contribution < 1.29 is 27.8 Å². The Hall–Kier alpha value is -3.42. The summed E-state index contributed by atoms with van der Waals surface area (Å²) in [6.45, 7) is 5.32. The molecule has 2 aromatic carbocycles. The van der Waals surface area contributed by atoms with E-state index in [0.717, 1.165) is 28.8 Å². The van der Waals surface area contributed by atoms with E-state index >= 15 is 0 Å². The van der Waals surface area contributed by atoms with Crippen molar-refractivity contribution in [2.45, 2.75) is 26.8 Å². The van der Waals surface area contributed by atoms with E-state index in [1.54, 1.807) is 6.92 Å². The lowest BCUT2D eigenvalue weighted by molar-refractivity contribution is -0.139. The lowest BCUT2D eigenvalue weighted by Gasteiger charge is -2.35. The maximum atomic E-state index is 14.0. The van der Waals surface area contributed by atoms with Gasteiger partial charge >= 0.3 is 12.0 Å². The van der Waals surface area contributed by atoms with Gasteiger partial charge in [-0.3, -0.25) is 4.90 Å². The minimum absolute atomic E-state index is 0.139. The monoisotopic (exact) mass is 430 g/mol. The number of aryl methyl sites for hydroxylation is 2. The molecule has 0 saturated heterocycles. The molecule has 164 valence electrons. The second-order valence-corrected chi connectivity index (χ2v) is 7.25. The normalized spacial score (nSPS) is 16.3. The molecule has 1 N–H and O–H groups in total. The first kappa shape index (κ1) is 22.3. The number of nitrogens with zero attached hydrogens (tertiary/aromatic N) is 1. The number of urea groups is 1. The van der Waals surface area contributed by atoms with Crippen LogP contribution in [0.15, 0.2) is 47.7 Å². The number of carbonyl (C=O) groups excluding carboxylic acids is 2. The number of likely N-dealkylation sites (N-methyl/N-ethyl adjacent to an activating group) is 1. The summed E-state index contributed by atoms with van der Waals surface area (Å²) in [5.41, 5.74) is 3.02. The lowest BCUT2D eigenvalue weighted by Crippen LogP contribution is -2.48. The van der Waals surface area contributed by atoms with Gasteiger partial charge in [0, 0.05) is 13.1 Å². The average molecular weight is 430 g/mol. The van der Waals surface area contributed by atoms with Gasteiger partial charge in [-0.25, -0.2) is 18.4 Å². The molecule has 1 heterocycles. The van der Waals surface area contributed by atoms with Gasteiger partial charge in [0.15, 0.2) is 11.6 Å². The quantitative estimate of drug-likeness (QED) is 0.699. The van der Waals surface area contributed by atoms with Crippen molar-refractivity contribution in [2.24, 2.45) is 0 Å². The van der Waals surface area contributed by atoms with Gasteiger partial charge in [-0.05, 0) is 44.0 Å². The minimum atomic E-state index is -0.882. The minimum Gasteiger partial charge on any atom is -0.484 e. The smallest absolute Gasteiger partial charge is 0.338 e. The fourth-order valence-electron chi connectivity index (χ4n) is 3.42. The van der Waals surface area contributed by atoms with Crippen LogP contribution in [0.4, 0.5) is 13.6 Å². The Morgan fingerprint density at radius 2 is 1.90 bits per heavy atom. The number of esters is 1. The van der Waals surface area contributed by atoms with Crippen molar-refractivity contribution in [3.05, 3.63) is 76.0 Å². The van der Waals surface area contributed by atoms with E-state index in [-0.39, 0.29) is 30.2 Å². The Bertz CT molecular complexity index is 1050. The van der Waals surface area contributed by atoms with Crippen LogP contribution >= 0.6 is 0 Å². The lowest BCUT2D eigenvalue weighted by atomic mass is 9.90. The van der Waals surface area contributed by atoms with E-state index in [4.69, 9.17) is 9.47 Å². The molecular weight excluding hydrogens is 406 g/mol. The van der Waals surface area contributed by atoms with Gasteiger partial charge in [0.1, 0.15) is 12.4 Å². The summed E-state index contributed by atoms with van der Waals surface area (Å²) in [4.78, 5) is 26.8. The molecule has 0 radical (unpaired) electrons. The van der Waals surface area contributed by atoms with Crippen molar-refractivity contribution in [1.82, 2.24) is 10.2 Å². The zero-order chi connectivity index (χ0) is 22.7. The van der Waals surface area contributed by atoms with Crippen LogP contribution in [0.2, 0.25) is 0 Å². The van der Waals surface area contributed by atoms with Crippen molar-refractivity contribution in [2.75, 3.05) is 20.3 Å². The molecule has 0 spiro atoms. The summed E-state index contributed by atoms with van der Waals surface area (Å²) < 4.78 is 38.0. The number of rotatable bonds is 6. The molecular formula is C23H24F2N2O4. The van der Waals surface area contributed by atoms with Crippen LogP contribution < -0.4 is 10.1 Å². The molecule has 1 aliphatic rings. The largest absolute Gasteiger partial charge is 0.484 e. The average Bonchev–Trinajstić information content (AvgIpc) is 2.71. The number of hydrogen-bond acceptors (Lipinski definition) is 4. The number of hydrogen-bond donors (Lipinski definition) is 1. The van der Waals surface area contributed by atoms with E-state index < -0.39 is 29.7 Å². The molecule has 8 heteroatoms. The third-order valence-electron chi connectivity index (χ3n) is 5.08. The van der Waals surface area contributed by atoms with Gasteiger partial charge in [0.25, 0.3) is 0 Å². The maximum absolute atomic E-state index is 14.0. The van der Waals surface area contributed by atoms with Gasteiger partial charge in [0.2, 0.25) is 0 Å². The Kier molecular flexibility index (Phi) is 6.58. The number of halogens is 2. The molecule has 0 fully saturated rings. The predicted molar refractivity (Wildman–Crippen MR) is 110 cm³/mol. The summed E-state index contributed by atoms with van der Waals surface area (Å²) in [6, 6.07) is 7.44. The van der Waals surface area contributed by atoms with Crippen molar-refractivity contribution in [3.63, 3.8) is 0 Å². The zero-order valence-electron chi connectivity index (χ0n) is 17.8. The highest BCUT2D eigenvalue weighted by molar-refractivity contribution is 5.95. The van der Waals surface area contributed by atoms with E-state index in [2.05, 4.69) is 5.32 Å². The SMILES string of the molecule is CCOC(=O)C1=C(COc2ccc(F)cc2F)N(C)C(=O)N[C@H]1c1cc(C)ccc1C. The zero-order valence-corrected chi connectivity index (χ0v) is 17.8. The number of carbonyl (C=O) groups is 2. The summed E-state index contributed by atoms with van der Waals surface area (Å²) in [7, 11) is 1.48. The van der Waals surface area contributed by atoms with E-state index in [1.807, 2.05) is 32.0 Å². The third-order valence-corrected chi connectivity index (χ3v) is 5.08. The van der Waals surface area contributed by atoms with Crippen LogP contribution in [0, 0.1) is 25.5 Å². The highest BCUT2D eigenvalue weighted by Gasteiger charge is 2.37. The summed E-state index contributed by atoms with van der Waals surface area (Å²) >= 11 is 0. The molecule has 0 bridgehead atoms. The molecule has 0 unspecified atom stereocenters. The van der Waals surface area contributed by atoms with Crippen LogP contribution in [0.3, 0.4) is 0 Å². The van der Waals surface area contributed by atoms with Crippen LogP contribution in [-0.2, 0) is 9.53 Å². The Morgan fingerprint density at radius 1 is 1.16 bits per heavy atom. The first-order valence-corrected chi connectivity index (χ1v) is 9.82. The maximum Gasteiger partial charge on any atom is 0.338 e. The van der Waals surface area contributed by atoms with Gasteiger partial charge in [-0.2, -0.15) is 0 Å². The molecule has 1 atom stereocenters. The molecule has 2 aromatic rings. The first-order valence-electron chi connectivity index (χ1n) is 9.82. The fourth-order valence-corrected chi connectivity index (χ4v) is 3.42. The van der Waals surface area contributed by atoms with E-state index in [1.165, 1.54) is 11.9 Å². The molecule has 3 rings (SSSR count). The number of ether oxygens (including phenoxy) is 2. The van der Waals surface area contributed by atoms with E-state index in [9.17, 15) is 18.4 Å². The molecule has 2 amide bonds. The second-order valence-electron chi connectivity index (χ2n) is 7.25. The molecule has 0 aromatic heterocycles. The summed E-state index contributed by atoms with van der Waals surface area (Å²) in [5.74, 6) is -2.43. The number of benzene rings is 2. The topological polar surface area (TPSA) is 67.9 Å². The van der Waals surface area contributed by atoms with Crippen LogP contribution in [0.25, 0.3) is 0 Å². The first-order chi connectivity index (χ1) is 14.7. The highest BCUT2D eigenvalue weighted by atomic mass is 19.1. The highest BCUT2D eigenvalue weighted by Crippen LogP contribution is 2.33. The van der Waals surface area contributed by atoms with Crippen molar-refractivity contribution >= 4 is 12.0 Å². The second kappa shape index (κ2) is 9.16.